The highest BCUT2D eigenvalue weighted by atomic mass is 35.5. The molecular formula is C15H14Cl2N2O3. The van der Waals surface area contributed by atoms with Crippen molar-refractivity contribution in [2.45, 2.75) is 12.5 Å². The van der Waals surface area contributed by atoms with Gasteiger partial charge in [-0.1, -0.05) is 29.3 Å². The Hall–Kier alpha value is -1.82. The third-order valence-corrected chi connectivity index (χ3v) is 3.81. The number of aromatic nitrogens is 1. The average molecular weight is 341 g/mol. The van der Waals surface area contributed by atoms with Crippen molar-refractivity contribution in [2.24, 2.45) is 0 Å². The number of halogens is 2. The van der Waals surface area contributed by atoms with Gasteiger partial charge in [-0.05, 0) is 30.2 Å². The lowest BCUT2D eigenvalue weighted by Gasteiger charge is -2.12. The van der Waals surface area contributed by atoms with Gasteiger partial charge in [0.1, 0.15) is 0 Å². The molecule has 0 radical (unpaired) electrons. The fourth-order valence-electron chi connectivity index (χ4n) is 1.90. The van der Waals surface area contributed by atoms with Crippen LogP contribution in [0.1, 0.15) is 28.4 Å². The van der Waals surface area contributed by atoms with Crippen molar-refractivity contribution in [3.8, 4) is 0 Å². The van der Waals surface area contributed by atoms with Gasteiger partial charge in [-0.2, -0.15) is 0 Å². The highest BCUT2D eigenvalue weighted by molar-refractivity contribution is 6.42. The Kier molecular flexibility index (Phi) is 5.60. The van der Waals surface area contributed by atoms with Gasteiger partial charge in [0, 0.05) is 24.4 Å². The van der Waals surface area contributed by atoms with Crippen LogP contribution >= 0.6 is 23.2 Å². The van der Waals surface area contributed by atoms with E-state index in [-0.39, 0.29) is 23.6 Å². The molecule has 0 saturated heterocycles. The quantitative estimate of drug-likeness (QED) is 0.782. The summed E-state index contributed by atoms with van der Waals surface area (Å²) >= 11 is 11.7. The first-order valence-corrected chi connectivity index (χ1v) is 7.33. The number of aromatic amines is 1. The van der Waals surface area contributed by atoms with Crippen LogP contribution in [0, 0.1) is 0 Å². The van der Waals surface area contributed by atoms with E-state index in [0.29, 0.717) is 22.0 Å². The summed E-state index contributed by atoms with van der Waals surface area (Å²) in [5.74, 6) is -0.368. The molecule has 1 aromatic carbocycles. The van der Waals surface area contributed by atoms with Crippen molar-refractivity contribution >= 4 is 29.1 Å². The second-order valence-electron chi connectivity index (χ2n) is 4.68. The Labute approximate surface area is 136 Å². The number of nitrogens with one attached hydrogen (secondary N) is 2. The Morgan fingerprint density at radius 1 is 1.23 bits per heavy atom. The first-order chi connectivity index (χ1) is 10.5. The third-order valence-electron chi connectivity index (χ3n) is 3.07. The molecule has 0 saturated carbocycles. The summed E-state index contributed by atoms with van der Waals surface area (Å²) in [7, 11) is 0. The van der Waals surface area contributed by atoms with Crippen molar-refractivity contribution in [3.63, 3.8) is 0 Å². The van der Waals surface area contributed by atoms with Crippen molar-refractivity contribution in [2.75, 3.05) is 6.54 Å². The molecule has 1 aromatic heterocycles. The van der Waals surface area contributed by atoms with E-state index in [1.807, 2.05) is 0 Å². The predicted molar refractivity (Wildman–Crippen MR) is 85.4 cm³/mol. The molecule has 0 aliphatic carbocycles. The number of pyridine rings is 1. The minimum atomic E-state index is -0.769. The minimum absolute atomic E-state index is 0.257. The summed E-state index contributed by atoms with van der Waals surface area (Å²) in [6.45, 7) is 0.257. The summed E-state index contributed by atoms with van der Waals surface area (Å²) in [4.78, 5) is 25.4. The average Bonchev–Trinajstić information content (AvgIpc) is 2.49. The van der Waals surface area contributed by atoms with Crippen LogP contribution in [-0.2, 0) is 0 Å². The molecule has 22 heavy (non-hydrogen) atoms. The lowest BCUT2D eigenvalue weighted by Crippen LogP contribution is -2.26. The summed E-state index contributed by atoms with van der Waals surface area (Å²) in [6, 6.07) is 7.60. The molecule has 0 spiro atoms. The standard InChI is InChI=1S/C15H14Cl2N2O3/c16-11-2-1-9(7-12(11)17)13(20)4-6-19-15(22)10-3-5-18-14(21)8-10/h1-3,5,7-8,13,20H,4,6H2,(H,18,21)(H,19,22)/t13-/m0/s1. The van der Waals surface area contributed by atoms with Gasteiger partial charge in [0.15, 0.2) is 0 Å². The highest BCUT2D eigenvalue weighted by Gasteiger charge is 2.11. The zero-order valence-corrected chi connectivity index (χ0v) is 13.0. The van der Waals surface area contributed by atoms with Gasteiger partial charge >= 0.3 is 0 Å². The van der Waals surface area contributed by atoms with Gasteiger partial charge < -0.3 is 15.4 Å². The van der Waals surface area contributed by atoms with Gasteiger partial charge in [0.2, 0.25) is 5.56 Å². The molecule has 116 valence electrons. The molecule has 7 heteroatoms. The number of carbonyl (C=O) groups excluding carboxylic acids is 1. The molecule has 2 aromatic rings. The largest absolute Gasteiger partial charge is 0.388 e. The van der Waals surface area contributed by atoms with Crippen LogP contribution in [0.2, 0.25) is 10.0 Å². The lowest BCUT2D eigenvalue weighted by molar-refractivity contribution is 0.0942. The molecule has 0 aliphatic rings. The van der Waals surface area contributed by atoms with Gasteiger partial charge in [0.05, 0.1) is 16.1 Å². The maximum absolute atomic E-state index is 11.8. The number of amides is 1. The zero-order chi connectivity index (χ0) is 16.1. The van der Waals surface area contributed by atoms with E-state index in [4.69, 9.17) is 23.2 Å². The highest BCUT2D eigenvalue weighted by Crippen LogP contribution is 2.26. The van der Waals surface area contributed by atoms with Crippen molar-refractivity contribution in [1.82, 2.24) is 10.3 Å². The maximum atomic E-state index is 11.8. The summed E-state index contributed by atoms with van der Waals surface area (Å²) in [6.07, 6.45) is 0.948. The van der Waals surface area contributed by atoms with Crippen LogP contribution in [0.15, 0.2) is 41.3 Å². The number of H-pyrrole nitrogens is 1. The van der Waals surface area contributed by atoms with Gasteiger partial charge in [0.25, 0.3) is 5.91 Å². The van der Waals surface area contributed by atoms with E-state index in [1.54, 1.807) is 18.2 Å². The number of hydrogen-bond acceptors (Lipinski definition) is 3. The normalized spacial score (nSPS) is 12.0. The van der Waals surface area contributed by atoms with E-state index in [1.165, 1.54) is 18.3 Å². The van der Waals surface area contributed by atoms with Crippen LogP contribution in [0.4, 0.5) is 0 Å². The van der Waals surface area contributed by atoms with Crippen LogP contribution in [0.25, 0.3) is 0 Å². The number of aliphatic hydroxyl groups is 1. The number of hydrogen-bond donors (Lipinski definition) is 3. The lowest BCUT2D eigenvalue weighted by atomic mass is 10.1. The Bertz CT molecular complexity index is 731. The molecule has 1 atom stereocenters. The second kappa shape index (κ2) is 7.45. The smallest absolute Gasteiger partial charge is 0.251 e. The second-order valence-corrected chi connectivity index (χ2v) is 5.49. The minimum Gasteiger partial charge on any atom is -0.388 e. The maximum Gasteiger partial charge on any atom is 0.251 e. The number of carbonyl (C=O) groups is 1. The Morgan fingerprint density at radius 2 is 2.00 bits per heavy atom. The van der Waals surface area contributed by atoms with Gasteiger partial charge in [-0.15, -0.1) is 0 Å². The Balaban J connectivity index is 1.89. The van der Waals surface area contributed by atoms with Gasteiger partial charge in [-0.3, -0.25) is 9.59 Å². The molecule has 0 unspecified atom stereocenters. The van der Waals surface area contributed by atoms with Crippen molar-refractivity contribution < 1.29 is 9.90 Å². The fourth-order valence-corrected chi connectivity index (χ4v) is 2.20. The SMILES string of the molecule is O=C(NCC[C@H](O)c1ccc(Cl)c(Cl)c1)c1cc[nH]c(=O)c1. The van der Waals surface area contributed by atoms with E-state index >= 15 is 0 Å². The molecule has 0 bridgehead atoms. The molecule has 0 fully saturated rings. The third kappa shape index (κ3) is 4.34. The van der Waals surface area contributed by atoms with Crippen LogP contribution in [-0.4, -0.2) is 22.5 Å². The molecule has 2 rings (SSSR count). The van der Waals surface area contributed by atoms with Gasteiger partial charge in [-0.25, -0.2) is 0 Å². The van der Waals surface area contributed by atoms with Crippen LogP contribution in [0.3, 0.4) is 0 Å². The molecule has 5 nitrogen and oxygen atoms in total. The molecule has 1 heterocycles. The predicted octanol–water partition coefficient (Wildman–Crippen LogP) is 2.54. The Morgan fingerprint density at radius 3 is 2.68 bits per heavy atom. The zero-order valence-electron chi connectivity index (χ0n) is 11.5. The van der Waals surface area contributed by atoms with E-state index in [9.17, 15) is 14.7 Å². The summed E-state index contributed by atoms with van der Waals surface area (Å²) in [5, 5.41) is 13.5. The fraction of sp³-hybridized carbons (Fsp3) is 0.200. The molecule has 1 amide bonds. The monoisotopic (exact) mass is 340 g/mol. The first-order valence-electron chi connectivity index (χ1n) is 6.57. The summed E-state index contributed by atoms with van der Waals surface area (Å²) in [5.41, 5.74) is 0.552. The van der Waals surface area contributed by atoms with Crippen LogP contribution < -0.4 is 10.9 Å². The summed E-state index contributed by atoms with van der Waals surface area (Å²) < 4.78 is 0. The van der Waals surface area contributed by atoms with E-state index < -0.39 is 6.10 Å². The van der Waals surface area contributed by atoms with Crippen LogP contribution in [0.5, 0.6) is 0 Å². The van der Waals surface area contributed by atoms with E-state index in [2.05, 4.69) is 10.3 Å². The topological polar surface area (TPSA) is 82.2 Å². The molecule has 0 aliphatic heterocycles. The molecular weight excluding hydrogens is 327 g/mol. The van der Waals surface area contributed by atoms with Crippen molar-refractivity contribution in [1.29, 1.82) is 0 Å². The van der Waals surface area contributed by atoms with Crippen molar-refractivity contribution in [3.05, 3.63) is 68.1 Å². The first kappa shape index (κ1) is 16.5. The number of benzene rings is 1. The van der Waals surface area contributed by atoms with E-state index in [0.717, 1.165) is 0 Å². The number of aliphatic hydroxyl groups excluding tert-OH is 1. The number of rotatable bonds is 5. The molecule has 3 N–H and O–H groups in total.